The van der Waals surface area contributed by atoms with Gasteiger partial charge in [-0.15, -0.1) is 10.2 Å². The zero-order valence-corrected chi connectivity index (χ0v) is 13.5. The fraction of sp³-hybridized carbons (Fsp3) is 0.714. The monoisotopic (exact) mass is 310 g/mol. The second-order valence-electron chi connectivity index (χ2n) is 5.81. The van der Waals surface area contributed by atoms with Gasteiger partial charge in [0.15, 0.2) is 0 Å². The molecule has 0 radical (unpaired) electrons. The Hall–Kier alpha value is -1.50. The quantitative estimate of drug-likeness (QED) is 0.874. The van der Waals surface area contributed by atoms with E-state index in [4.69, 9.17) is 0 Å². The molecule has 0 aromatic carbocycles. The maximum atomic E-state index is 12.4. The number of carbonyl (C=O) groups is 2. The number of hydrogen-bond donors (Lipinski definition) is 2. The van der Waals surface area contributed by atoms with Gasteiger partial charge in [0, 0.05) is 12.8 Å². The van der Waals surface area contributed by atoms with Gasteiger partial charge in [0.05, 0.1) is 0 Å². The Bertz CT molecular complexity index is 509. The summed E-state index contributed by atoms with van der Waals surface area (Å²) in [6.45, 7) is 5.51. The molecule has 2 rings (SSSR count). The van der Waals surface area contributed by atoms with E-state index in [9.17, 15) is 9.59 Å². The van der Waals surface area contributed by atoms with E-state index in [0.29, 0.717) is 5.13 Å². The highest BCUT2D eigenvalue weighted by molar-refractivity contribution is 7.15. The molecule has 2 N–H and O–H groups in total. The Kier molecular flexibility index (Phi) is 5.27. The van der Waals surface area contributed by atoms with Crippen molar-refractivity contribution in [3.63, 3.8) is 0 Å². The van der Waals surface area contributed by atoms with Gasteiger partial charge in [-0.2, -0.15) is 0 Å². The smallest absolute Gasteiger partial charge is 0.249 e. The minimum Gasteiger partial charge on any atom is -0.344 e. The summed E-state index contributed by atoms with van der Waals surface area (Å²) in [7, 11) is 0. The van der Waals surface area contributed by atoms with E-state index >= 15 is 0 Å². The van der Waals surface area contributed by atoms with Crippen LogP contribution in [0, 0.1) is 5.92 Å². The van der Waals surface area contributed by atoms with Gasteiger partial charge in [0.1, 0.15) is 11.0 Å². The van der Waals surface area contributed by atoms with Gasteiger partial charge in [-0.1, -0.05) is 38.0 Å². The van der Waals surface area contributed by atoms with Crippen LogP contribution < -0.4 is 10.6 Å². The maximum Gasteiger partial charge on any atom is 0.249 e. The van der Waals surface area contributed by atoms with Gasteiger partial charge >= 0.3 is 0 Å². The van der Waals surface area contributed by atoms with Gasteiger partial charge in [-0.3, -0.25) is 14.9 Å². The zero-order valence-electron chi connectivity index (χ0n) is 12.7. The molecular weight excluding hydrogens is 288 g/mol. The predicted octanol–water partition coefficient (Wildman–Crippen LogP) is 2.29. The Morgan fingerprint density at radius 2 is 1.90 bits per heavy atom. The Labute approximate surface area is 128 Å². The van der Waals surface area contributed by atoms with Crippen molar-refractivity contribution in [1.29, 1.82) is 0 Å². The largest absolute Gasteiger partial charge is 0.344 e. The molecule has 1 aromatic heterocycles. The second-order valence-corrected chi connectivity index (χ2v) is 6.82. The summed E-state index contributed by atoms with van der Waals surface area (Å²) in [5.74, 6) is 0.131. The molecule has 116 valence electrons. The summed E-state index contributed by atoms with van der Waals surface area (Å²) in [4.78, 5) is 23.8. The number of rotatable bonds is 5. The minimum absolute atomic E-state index is 0.179. The lowest BCUT2D eigenvalue weighted by atomic mass is 9.97. The first-order valence-corrected chi connectivity index (χ1v) is 8.20. The lowest BCUT2D eigenvalue weighted by Crippen LogP contribution is -2.47. The molecule has 1 unspecified atom stereocenters. The average Bonchev–Trinajstić information content (AvgIpc) is 3.06. The number of hydrogen-bond acceptors (Lipinski definition) is 5. The molecule has 1 saturated carbocycles. The SMILES string of the molecule is CC(=O)NC(C(=O)Nc1nnc(C(C)C)s1)C1CCCC1. The summed E-state index contributed by atoms with van der Waals surface area (Å²) >= 11 is 1.38. The van der Waals surface area contributed by atoms with Crippen LogP contribution in [0.1, 0.15) is 57.4 Å². The molecule has 0 bridgehead atoms. The predicted molar refractivity (Wildman–Crippen MR) is 82.2 cm³/mol. The average molecular weight is 310 g/mol. The van der Waals surface area contributed by atoms with E-state index in [1.165, 1.54) is 18.3 Å². The molecule has 7 heteroatoms. The summed E-state index contributed by atoms with van der Waals surface area (Å²) in [6.07, 6.45) is 4.19. The van der Waals surface area contributed by atoms with Crippen LogP contribution in [0.4, 0.5) is 5.13 Å². The van der Waals surface area contributed by atoms with Crippen molar-refractivity contribution in [3.05, 3.63) is 5.01 Å². The molecule has 0 aliphatic heterocycles. The fourth-order valence-electron chi connectivity index (χ4n) is 2.61. The number of aromatic nitrogens is 2. The maximum absolute atomic E-state index is 12.4. The second kappa shape index (κ2) is 6.98. The Balaban J connectivity index is 2.04. The normalized spacial score (nSPS) is 17.0. The number of nitrogens with one attached hydrogen (secondary N) is 2. The van der Waals surface area contributed by atoms with Crippen molar-refractivity contribution in [2.24, 2.45) is 5.92 Å². The molecule has 1 fully saturated rings. The highest BCUT2D eigenvalue weighted by atomic mass is 32.1. The molecule has 1 aromatic rings. The molecule has 0 saturated heterocycles. The third-order valence-corrected chi connectivity index (χ3v) is 4.82. The summed E-state index contributed by atoms with van der Waals surface area (Å²) in [5.41, 5.74) is 0. The van der Waals surface area contributed by atoms with E-state index in [1.807, 2.05) is 13.8 Å². The highest BCUT2D eigenvalue weighted by Gasteiger charge is 2.31. The first-order chi connectivity index (χ1) is 9.97. The molecule has 0 spiro atoms. The van der Waals surface area contributed by atoms with E-state index < -0.39 is 6.04 Å². The summed E-state index contributed by atoms with van der Waals surface area (Å²) in [6, 6.07) is -0.476. The van der Waals surface area contributed by atoms with Crippen LogP contribution in [-0.2, 0) is 9.59 Å². The van der Waals surface area contributed by atoms with Crippen molar-refractivity contribution < 1.29 is 9.59 Å². The van der Waals surface area contributed by atoms with Crippen LogP contribution in [0.15, 0.2) is 0 Å². The van der Waals surface area contributed by atoms with Crippen LogP contribution in [0.5, 0.6) is 0 Å². The summed E-state index contributed by atoms with van der Waals surface area (Å²) < 4.78 is 0. The fourth-order valence-corrected chi connectivity index (χ4v) is 3.36. The lowest BCUT2D eigenvalue weighted by Gasteiger charge is -2.22. The molecule has 6 nitrogen and oxygen atoms in total. The van der Waals surface area contributed by atoms with Crippen molar-refractivity contribution in [2.45, 2.75) is 58.4 Å². The van der Waals surface area contributed by atoms with Crippen molar-refractivity contribution in [2.75, 3.05) is 5.32 Å². The first kappa shape index (κ1) is 15.9. The van der Waals surface area contributed by atoms with Gasteiger partial charge in [0.25, 0.3) is 0 Å². The van der Waals surface area contributed by atoms with Crippen molar-refractivity contribution in [1.82, 2.24) is 15.5 Å². The Morgan fingerprint density at radius 3 is 2.43 bits per heavy atom. The van der Waals surface area contributed by atoms with Crippen LogP contribution in [-0.4, -0.2) is 28.1 Å². The molecule has 21 heavy (non-hydrogen) atoms. The lowest BCUT2D eigenvalue weighted by molar-refractivity contribution is -0.126. The summed E-state index contributed by atoms with van der Waals surface area (Å²) in [5, 5.41) is 15.0. The Morgan fingerprint density at radius 1 is 1.24 bits per heavy atom. The van der Waals surface area contributed by atoms with E-state index in [-0.39, 0.29) is 23.7 Å². The van der Waals surface area contributed by atoms with Crippen LogP contribution in [0.25, 0.3) is 0 Å². The third-order valence-electron chi connectivity index (χ3n) is 3.68. The van der Waals surface area contributed by atoms with Gasteiger partial charge in [-0.05, 0) is 18.8 Å². The number of anilines is 1. The van der Waals surface area contributed by atoms with Gasteiger partial charge < -0.3 is 5.32 Å². The van der Waals surface area contributed by atoms with Crippen LogP contribution in [0.3, 0.4) is 0 Å². The number of amides is 2. The molecular formula is C14H22N4O2S. The van der Waals surface area contributed by atoms with Gasteiger partial charge in [-0.25, -0.2) is 0 Å². The van der Waals surface area contributed by atoms with Crippen molar-refractivity contribution in [3.8, 4) is 0 Å². The first-order valence-electron chi connectivity index (χ1n) is 7.38. The molecule has 1 aliphatic rings. The van der Waals surface area contributed by atoms with Gasteiger partial charge in [0.2, 0.25) is 16.9 Å². The highest BCUT2D eigenvalue weighted by Crippen LogP contribution is 2.29. The number of nitrogens with zero attached hydrogens (tertiary/aromatic N) is 2. The zero-order chi connectivity index (χ0) is 15.4. The van der Waals surface area contributed by atoms with Crippen molar-refractivity contribution >= 4 is 28.3 Å². The molecule has 1 aliphatic carbocycles. The third kappa shape index (κ3) is 4.23. The van der Waals surface area contributed by atoms with Crippen LogP contribution in [0.2, 0.25) is 0 Å². The molecule has 1 heterocycles. The number of carbonyl (C=O) groups excluding carboxylic acids is 2. The van der Waals surface area contributed by atoms with Crippen LogP contribution >= 0.6 is 11.3 Å². The van der Waals surface area contributed by atoms with E-state index in [2.05, 4.69) is 20.8 Å². The topological polar surface area (TPSA) is 84.0 Å². The molecule has 2 amide bonds. The standard InChI is InChI=1S/C14H22N4O2S/c1-8(2)13-17-18-14(21-13)16-12(20)11(15-9(3)19)10-6-4-5-7-10/h8,10-11H,4-7H2,1-3H3,(H,15,19)(H,16,18,20). The van der Waals surface area contributed by atoms with E-state index in [0.717, 1.165) is 30.7 Å². The molecule has 1 atom stereocenters. The minimum atomic E-state index is -0.476. The van der Waals surface area contributed by atoms with E-state index in [1.54, 1.807) is 0 Å².